The number of furan rings is 1. The van der Waals surface area contributed by atoms with Gasteiger partial charge in [-0.1, -0.05) is 0 Å². The van der Waals surface area contributed by atoms with Crippen molar-refractivity contribution in [1.29, 1.82) is 0 Å². The molecule has 4 heteroatoms. The van der Waals surface area contributed by atoms with Crippen molar-refractivity contribution in [2.75, 3.05) is 18.5 Å². The number of nitrogens with zero attached hydrogens (tertiary/aromatic N) is 1. The second-order valence-corrected chi connectivity index (χ2v) is 4.46. The van der Waals surface area contributed by atoms with Gasteiger partial charge in [-0.05, 0) is 36.6 Å². The van der Waals surface area contributed by atoms with Gasteiger partial charge in [0.1, 0.15) is 5.58 Å². The topological polar surface area (TPSA) is 53.7 Å². The summed E-state index contributed by atoms with van der Waals surface area (Å²) in [4.78, 5) is 13.1. The number of carboxylic acids is 1. The van der Waals surface area contributed by atoms with Crippen molar-refractivity contribution in [2.45, 2.75) is 12.8 Å². The Labute approximate surface area is 98.4 Å². The smallest absolute Gasteiger partial charge is 0.371 e. The summed E-state index contributed by atoms with van der Waals surface area (Å²) in [5, 5.41) is 9.76. The van der Waals surface area contributed by atoms with E-state index in [4.69, 9.17) is 9.52 Å². The fraction of sp³-hybridized carbons (Fsp3) is 0.308. The molecule has 0 amide bonds. The Kier molecular flexibility index (Phi) is 2.11. The molecule has 1 aliphatic heterocycles. The SMILES string of the molecule is CN1CCCc2cc3oc(C(=O)O)cc3cc21. The Balaban J connectivity index is 2.21. The summed E-state index contributed by atoms with van der Waals surface area (Å²) in [5.41, 5.74) is 3.08. The van der Waals surface area contributed by atoms with Gasteiger partial charge in [-0.25, -0.2) is 4.79 Å². The molecule has 0 spiro atoms. The van der Waals surface area contributed by atoms with Crippen LogP contribution in [0.2, 0.25) is 0 Å². The highest BCUT2D eigenvalue weighted by Crippen LogP contribution is 2.32. The summed E-state index contributed by atoms with van der Waals surface area (Å²) >= 11 is 0. The van der Waals surface area contributed by atoms with Crippen molar-refractivity contribution in [1.82, 2.24) is 0 Å². The third kappa shape index (κ3) is 1.56. The normalized spacial score (nSPS) is 15.0. The van der Waals surface area contributed by atoms with Crippen molar-refractivity contribution in [2.24, 2.45) is 0 Å². The molecule has 1 N–H and O–H groups in total. The number of hydrogen-bond acceptors (Lipinski definition) is 3. The number of benzene rings is 1. The van der Waals surface area contributed by atoms with E-state index < -0.39 is 5.97 Å². The molecule has 2 heterocycles. The molecule has 2 aromatic rings. The number of fused-ring (bicyclic) bond motifs is 2. The van der Waals surface area contributed by atoms with Gasteiger partial charge < -0.3 is 14.4 Å². The monoisotopic (exact) mass is 231 g/mol. The van der Waals surface area contributed by atoms with E-state index in [-0.39, 0.29) is 5.76 Å². The molecule has 17 heavy (non-hydrogen) atoms. The summed E-state index contributed by atoms with van der Waals surface area (Å²) in [6.45, 7) is 1.04. The summed E-state index contributed by atoms with van der Waals surface area (Å²) in [7, 11) is 2.06. The van der Waals surface area contributed by atoms with Gasteiger partial charge >= 0.3 is 5.97 Å². The Morgan fingerprint density at radius 1 is 1.41 bits per heavy atom. The lowest BCUT2D eigenvalue weighted by Gasteiger charge is -2.27. The van der Waals surface area contributed by atoms with Gasteiger partial charge in [0, 0.05) is 24.7 Å². The number of aryl methyl sites for hydroxylation is 1. The largest absolute Gasteiger partial charge is 0.475 e. The van der Waals surface area contributed by atoms with E-state index in [1.54, 1.807) is 6.07 Å². The van der Waals surface area contributed by atoms with Crippen LogP contribution in [0.15, 0.2) is 22.6 Å². The summed E-state index contributed by atoms with van der Waals surface area (Å²) in [6.07, 6.45) is 2.15. The zero-order valence-corrected chi connectivity index (χ0v) is 9.56. The fourth-order valence-corrected chi connectivity index (χ4v) is 2.41. The van der Waals surface area contributed by atoms with Crippen molar-refractivity contribution in [3.63, 3.8) is 0 Å². The Hall–Kier alpha value is -1.97. The van der Waals surface area contributed by atoms with E-state index in [9.17, 15) is 4.79 Å². The molecule has 0 atom stereocenters. The number of carboxylic acid groups (broad SMARTS) is 1. The molecule has 1 aliphatic rings. The molecule has 88 valence electrons. The van der Waals surface area contributed by atoms with Crippen LogP contribution in [0.4, 0.5) is 5.69 Å². The van der Waals surface area contributed by atoms with Crippen LogP contribution in [0.1, 0.15) is 22.5 Å². The standard InChI is InChI=1S/C13H13NO3/c1-14-4-2-3-8-6-11-9(5-10(8)14)7-12(17-11)13(15)16/h5-7H,2-4H2,1H3,(H,15,16). The molecule has 1 aromatic heterocycles. The first-order chi connectivity index (χ1) is 8.15. The fourth-order valence-electron chi connectivity index (χ4n) is 2.41. The highest BCUT2D eigenvalue weighted by atomic mass is 16.4. The lowest BCUT2D eigenvalue weighted by Crippen LogP contribution is -2.24. The highest BCUT2D eigenvalue weighted by Gasteiger charge is 2.17. The third-order valence-corrected chi connectivity index (χ3v) is 3.28. The molecule has 0 radical (unpaired) electrons. The molecule has 4 nitrogen and oxygen atoms in total. The Bertz CT molecular complexity index is 600. The zero-order chi connectivity index (χ0) is 12.0. The van der Waals surface area contributed by atoms with Crippen molar-refractivity contribution >= 4 is 22.6 Å². The minimum Gasteiger partial charge on any atom is -0.475 e. The van der Waals surface area contributed by atoms with E-state index in [0.717, 1.165) is 24.8 Å². The zero-order valence-electron chi connectivity index (χ0n) is 9.56. The molecule has 0 unspecified atom stereocenters. The maximum Gasteiger partial charge on any atom is 0.371 e. The van der Waals surface area contributed by atoms with E-state index >= 15 is 0 Å². The second-order valence-electron chi connectivity index (χ2n) is 4.46. The maximum atomic E-state index is 10.9. The van der Waals surface area contributed by atoms with Crippen LogP contribution in [0, 0.1) is 0 Å². The molecule has 1 aromatic carbocycles. The molecule has 0 saturated carbocycles. The van der Waals surface area contributed by atoms with Gasteiger partial charge in [-0.3, -0.25) is 0 Å². The van der Waals surface area contributed by atoms with Crippen molar-refractivity contribution in [3.8, 4) is 0 Å². The van der Waals surface area contributed by atoms with Gasteiger partial charge in [-0.15, -0.1) is 0 Å². The minimum absolute atomic E-state index is 0.00463. The highest BCUT2D eigenvalue weighted by molar-refractivity contribution is 5.93. The van der Waals surface area contributed by atoms with E-state index in [0.29, 0.717) is 5.58 Å². The van der Waals surface area contributed by atoms with E-state index in [1.807, 2.05) is 12.1 Å². The van der Waals surface area contributed by atoms with Gasteiger partial charge in [0.15, 0.2) is 0 Å². The summed E-state index contributed by atoms with van der Waals surface area (Å²) in [6, 6.07) is 5.56. The molecule has 0 aliphatic carbocycles. The number of carbonyl (C=O) groups is 1. The first-order valence-corrected chi connectivity index (χ1v) is 5.66. The molecule has 0 bridgehead atoms. The van der Waals surface area contributed by atoms with Crippen LogP contribution in [-0.4, -0.2) is 24.7 Å². The molecule has 0 saturated heterocycles. The predicted molar refractivity (Wildman–Crippen MR) is 64.8 cm³/mol. The van der Waals surface area contributed by atoms with Crippen LogP contribution >= 0.6 is 0 Å². The van der Waals surface area contributed by atoms with Crippen molar-refractivity contribution < 1.29 is 14.3 Å². The Morgan fingerprint density at radius 3 is 3.00 bits per heavy atom. The first-order valence-electron chi connectivity index (χ1n) is 5.66. The number of hydrogen-bond donors (Lipinski definition) is 1. The lowest BCUT2D eigenvalue weighted by molar-refractivity contribution is 0.0665. The predicted octanol–water partition coefficient (Wildman–Crippen LogP) is 2.51. The minimum atomic E-state index is -1.02. The molecular weight excluding hydrogens is 218 g/mol. The van der Waals surface area contributed by atoms with Crippen LogP contribution in [0.5, 0.6) is 0 Å². The summed E-state index contributed by atoms with van der Waals surface area (Å²) in [5.74, 6) is -1.02. The maximum absolute atomic E-state index is 10.9. The number of rotatable bonds is 1. The van der Waals surface area contributed by atoms with Gasteiger partial charge in [0.25, 0.3) is 0 Å². The average molecular weight is 231 g/mol. The molecular formula is C13H13NO3. The summed E-state index contributed by atoms with van der Waals surface area (Å²) < 4.78 is 5.31. The van der Waals surface area contributed by atoms with Crippen LogP contribution in [0.25, 0.3) is 11.0 Å². The Morgan fingerprint density at radius 2 is 2.24 bits per heavy atom. The lowest BCUT2D eigenvalue weighted by atomic mass is 10.0. The first kappa shape index (κ1) is 10.2. The second kappa shape index (κ2) is 3.52. The average Bonchev–Trinajstić information content (AvgIpc) is 2.70. The molecule has 0 fully saturated rings. The van der Waals surface area contributed by atoms with Crippen molar-refractivity contribution in [3.05, 3.63) is 29.5 Å². The van der Waals surface area contributed by atoms with Crippen LogP contribution in [0.3, 0.4) is 0 Å². The van der Waals surface area contributed by atoms with Crippen LogP contribution < -0.4 is 4.90 Å². The van der Waals surface area contributed by atoms with Gasteiger partial charge in [-0.2, -0.15) is 0 Å². The molecule has 3 rings (SSSR count). The van der Waals surface area contributed by atoms with E-state index in [1.165, 1.54) is 11.3 Å². The third-order valence-electron chi connectivity index (χ3n) is 3.28. The van der Waals surface area contributed by atoms with Gasteiger partial charge in [0.2, 0.25) is 5.76 Å². The number of aromatic carboxylic acids is 1. The van der Waals surface area contributed by atoms with Crippen LogP contribution in [-0.2, 0) is 6.42 Å². The number of anilines is 1. The van der Waals surface area contributed by atoms with E-state index in [2.05, 4.69) is 11.9 Å². The van der Waals surface area contributed by atoms with Gasteiger partial charge in [0.05, 0.1) is 0 Å². The quantitative estimate of drug-likeness (QED) is 0.819.